The molecule has 6 nitrogen and oxygen atoms in total. The lowest BCUT2D eigenvalue weighted by molar-refractivity contribution is -0.0240. The molecule has 3 fully saturated rings. The largest absolute Gasteiger partial charge is 0.444 e. The van der Waals surface area contributed by atoms with E-state index in [1.807, 2.05) is 25.7 Å². The van der Waals surface area contributed by atoms with Crippen molar-refractivity contribution in [3.63, 3.8) is 0 Å². The van der Waals surface area contributed by atoms with E-state index in [1.54, 1.807) is 0 Å². The maximum Gasteiger partial charge on any atom is 0.410 e. The Morgan fingerprint density at radius 1 is 0.957 bits per heavy atom. The van der Waals surface area contributed by atoms with Gasteiger partial charge in [0.2, 0.25) is 0 Å². The molecule has 0 aliphatic carbocycles. The molecular weight excluding hydrogens is 292 g/mol. The van der Waals surface area contributed by atoms with E-state index in [4.69, 9.17) is 4.74 Å². The van der Waals surface area contributed by atoms with Crippen LogP contribution in [-0.4, -0.2) is 90.8 Å². The van der Waals surface area contributed by atoms with Crippen LogP contribution in [0.25, 0.3) is 0 Å². The molecule has 1 amide bonds. The van der Waals surface area contributed by atoms with Gasteiger partial charge in [0.15, 0.2) is 0 Å². The van der Waals surface area contributed by atoms with Crippen molar-refractivity contribution in [2.75, 3.05) is 52.4 Å². The fourth-order valence-corrected chi connectivity index (χ4v) is 3.80. The van der Waals surface area contributed by atoms with Crippen LogP contribution in [0.15, 0.2) is 0 Å². The zero-order valence-corrected chi connectivity index (χ0v) is 14.9. The van der Waals surface area contributed by atoms with Crippen molar-refractivity contribution in [2.24, 2.45) is 0 Å². The summed E-state index contributed by atoms with van der Waals surface area (Å²) < 4.78 is 5.47. The van der Waals surface area contributed by atoms with Gasteiger partial charge in [0, 0.05) is 64.4 Å². The van der Waals surface area contributed by atoms with Gasteiger partial charge in [-0.15, -0.1) is 0 Å². The number of piperidine rings is 1. The number of hydrogen-bond donors (Lipinski definition) is 1. The summed E-state index contributed by atoms with van der Waals surface area (Å²) >= 11 is 0. The number of carbonyl (C=O) groups excluding carboxylic acids is 1. The van der Waals surface area contributed by atoms with Crippen molar-refractivity contribution in [2.45, 2.75) is 51.3 Å². The number of ether oxygens (including phenoxy) is 1. The zero-order chi connectivity index (χ0) is 16.4. The summed E-state index contributed by atoms with van der Waals surface area (Å²) in [7, 11) is 0. The van der Waals surface area contributed by atoms with Gasteiger partial charge in [-0.1, -0.05) is 0 Å². The molecule has 132 valence electrons. The van der Waals surface area contributed by atoms with Gasteiger partial charge in [-0.05, 0) is 33.6 Å². The van der Waals surface area contributed by atoms with E-state index in [-0.39, 0.29) is 6.09 Å². The summed E-state index contributed by atoms with van der Waals surface area (Å²) in [6.07, 6.45) is 2.00. The van der Waals surface area contributed by atoms with Gasteiger partial charge < -0.3 is 15.0 Å². The molecule has 0 bridgehead atoms. The summed E-state index contributed by atoms with van der Waals surface area (Å²) in [5.41, 5.74) is -0.401. The first-order valence-electron chi connectivity index (χ1n) is 9.09. The molecule has 3 aliphatic heterocycles. The first-order chi connectivity index (χ1) is 10.9. The Morgan fingerprint density at radius 2 is 1.57 bits per heavy atom. The molecule has 3 aliphatic rings. The highest BCUT2D eigenvalue weighted by Crippen LogP contribution is 2.25. The Morgan fingerprint density at radius 3 is 2.13 bits per heavy atom. The maximum atomic E-state index is 12.1. The zero-order valence-electron chi connectivity index (χ0n) is 14.9. The third kappa shape index (κ3) is 4.37. The number of amides is 1. The quantitative estimate of drug-likeness (QED) is 0.820. The first kappa shape index (κ1) is 17.0. The van der Waals surface area contributed by atoms with Crippen molar-refractivity contribution in [1.29, 1.82) is 0 Å². The van der Waals surface area contributed by atoms with E-state index < -0.39 is 5.60 Å². The van der Waals surface area contributed by atoms with E-state index in [0.717, 1.165) is 45.1 Å². The van der Waals surface area contributed by atoms with Crippen LogP contribution in [-0.2, 0) is 4.74 Å². The van der Waals surface area contributed by atoms with Crippen LogP contribution in [0.1, 0.15) is 33.6 Å². The van der Waals surface area contributed by atoms with E-state index in [1.165, 1.54) is 26.2 Å². The number of nitrogens with zero attached hydrogens (tertiary/aromatic N) is 3. The molecule has 3 saturated heterocycles. The lowest BCUT2D eigenvalue weighted by Gasteiger charge is -2.51. The molecule has 1 N–H and O–H groups in total. The number of piperazine rings is 1. The van der Waals surface area contributed by atoms with Crippen molar-refractivity contribution in [3.8, 4) is 0 Å². The van der Waals surface area contributed by atoms with Crippen LogP contribution < -0.4 is 5.32 Å². The molecule has 0 aromatic carbocycles. The Hall–Kier alpha value is -0.850. The molecule has 3 heterocycles. The molecule has 0 spiro atoms. The van der Waals surface area contributed by atoms with Gasteiger partial charge >= 0.3 is 6.09 Å². The predicted molar refractivity (Wildman–Crippen MR) is 90.6 cm³/mol. The summed E-state index contributed by atoms with van der Waals surface area (Å²) in [4.78, 5) is 19.2. The second-order valence-electron chi connectivity index (χ2n) is 8.09. The molecular formula is C17H32N4O2. The Balaban J connectivity index is 1.38. The number of hydrogen-bond acceptors (Lipinski definition) is 5. The molecule has 0 atom stereocenters. The summed E-state index contributed by atoms with van der Waals surface area (Å²) in [5.74, 6) is 0. The average Bonchev–Trinajstić information content (AvgIpc) is 2.46. The number of carbonyl (C=O) groups is 1. The van der Waals surface area contributed by atoms with Crippen molar-refractivity contribution in [3.05, 3.63) is 0 Å². The molecule has 0 saturated carbocycles. The molecule has 6 heteroatoms. The van der Waals surface area contributed by atoms with Gasteiger partial charge in [-0.2, -0.15) is 0 Å². The third-order valence-corrected chi connectivity index (χ3v) is 5.19. The highest BCUT2D eigenvalue weighted by Gasteiger charge is 2.38. The minimum atomic E-state index is -0.401. The SMILES string of the molecule is CC(C)(C)OC(=O)N1CCC(N2CC(N3CCNCC3)C2)CC1. The van der Waals surface area contributed by atoms with Gasteiger partial charge in [0.05, 0.1) is 0 Å². The number of likely N-dealkylation sites (tertiary alicyclic amines) is 2. The maximum absolute atomic E-state index is 12.1. The van der Waals surface area contributed by atoms with Gasteiger partial charge in [-0.25, -0.2) is 4.79 Å². The topological polar surface area (TPSA) is 48.1 Å². The highest BCUT2D eigenvalue weighted by atomic mass is 16.6. The Kier molecular flexibility index (Phi) is 5.13. The predicted octanol–water partition coefficient (Wildman–Crippen LogP) is 0.975. The second kappa shape index (κ2) is 6.95. The Labute approximate surface area is 140 Å². The fraction of sp³-hybridized carbons (Fsp3) is 0.941. The van der Waals surface area contributed by atoms with E-state index >= 15 is 0 Å². The van der Waals surface area contributed by atoms with Crippen LogP contribution in [0.4, 0.5) is 4.79 Å². The third-order valence-electron chi connectivity index (χ3n) is 5.19. The smallest absolute Gasteiger partial charge is 0.410 e. The monoisotopic (exact) mass is 324 g/mol. The molecule has 0 unspecified atom stereocenters. The van der Waals surface area contributed by atoms with Crippen molar-refractivity contribution >= 4 is 6.09 Å². The van der Waals surface area contributed by atoms with Crippen LogP contribution in [0.3, 0.4) is 0 Å². The van der Waals surface area contributed by atoms with Crippen LogP contribution >= 0.6 is 0 Å². The average molecular weight is 324 g/mol. The molecule has 0 aromatic rings. The normalized spacial score (nSPS) is 26.1. The van der Waals surface area contributed by atoms with Crippen LogP contribution in [0.2, 0.25) is 0 Å². The molecule has 23 heavy (non-hydrogen) atoms. The van der Waals surface area contributed by atoms with Gasteiger partial charge in [0.1, 0.15) is 5.60 Å². The van der Waals surface area contributed by atoms with Gasteiger partial charge in [0.25, 0.3) is 0 Å². The lowest BCUT2D eigenvalue weighted by Crippen LogP contribution is -2.65. The minimum absolute atomic E-state index is 0.154. The first-order valence-corrected chi connectivity index (χ1v) is 9.09. The van der Waals surface area contributed by atoms with E-state index in [9.17, 15) is 4.79 Å². The number of rotatable bonds is 2. The second-order valence-corrected chi connectivity index (χ2v) is 8.09. The molecule has 0 aromatic heterocycles. The number of nitrogens with one attached hydrogen (secondary N) is 1. The molecule has 3 rings (SSSR count). The van der Waals surface area contributed by atoms with Gasteiger partial charge in [-0.3, -0.25) is 9.80 Å². The van der Waals surface area contributed by atoms with Crippen LogP contribution in [0.5, 0.6) is 0 Å². The van der Waals surface area contributed by atoms with E-state index in [0.29, 0.717) is 6.04 Å². The highest BCUT2D eigenvalue weighted by molar-refractivity contribution is 5.68. The van der Waals surface area contributed by atoms with Crippen molar-refractivity contribution < 1.29 is 9.53 Å². The summed E-state index contributed by atoms with van der Waals surface area (Å²) in [5, 5.41) is 3.42. The lowest BCUT2D eigenvalue weighted by atomic mass is 9.96. The standard InChI is InChI=1S/C17H32N4O2/c1-17(2,3)23-16(22)20-8-4-14(5-9-20)21-12-15(13-21)19-10-6-18-7-11-19/h14-15,18H,4-13H2,1-3H3. The van der Waals surface area contributed by atoms with Crippen LogP contribution in [0, 0.1) is 0 Å². The Bertz CT molecular complexity index is 403. The fourth-order valence-electron chi connectivity index (χ4n) is 3.80. The van der Waals surface area contributed by atoms with E-state index in [2.05, 4.69) is 15.1 Å². The summed E-state index contributed by atoms with van der Waals surface area (Å²) in [6.45, 7) is 14.5. The minimum Gasteiger partial charge on any atom is -0.444 e. The summed E-state index contributed by atoms with van der Waals surface area (Å²) in [6, 6.07) is 1.40. The molecule has 0 radical (unpaired) electrons. The van der Waals surface area contributed by atoms with Crippen molar-refractivity contribution in [1.82, 2.24) is 20.0 Å².